The van der Waals surface area contributed by atoms with E-state index in [9.17, 15) is 28.8 Å². The summed E-state index contributed by atoms with van der Waals surface area (Å²) in [5.74, 6) is -2.35. The molecule has 0 bridgehead atoms. The first-order valence-corrected chi connectivity index (χ1v) is 10.7. The number of ether oxygens (including phenoxy) is 2. The summed E-state index contributed by atoms with van der Waals surface area (Å²) >= 11 is 0. The van der Waals surface area contributed by atoms with Crippen LogP contribution in [0.4, 0.5) is 11.4 Å². The smallest absolute Gasteiger partial charge is 0.338 e. The van der Waals surface area contributed by atoms with Gasteiger partial charge in [0.25, 0.3) is 11.8 Å². The van der Waals surface area contributed by atoms with Crippen molar-refractivity contribution in [3.8, 4) is 0 Å². The fourth-order valence-electron chi connectivity index (χ4n) is 2.69. The van der Waals surface area contributed by atoms with Crippen molar-refractivity contribution in [1.29, 1.82) is 0 Å². The van der Waals surface area contributed by atoms with Crippen molar-refractivity contribution >= 4 is 47.3 Å². The highest BCUT2D eigenvalue weighted by Crippen LogP contribution is 2.13. The molecule has 0 aromatic heterocycles. The van der Waals surface area contributed by atoms with Crippen LogP contribution < -0.4 is 10.6 Å². The van der Waals surface area contributed by atoms with Gasteiger partial charge in [0.2, 0.25) is 12.2 Å². The number of hydrogen-bond acceptors (Lipinski definition) is 10. The van der Waals surface area contributed by atoms with Crippen LogP contribution in [-0.4, -0.2) is 62.2 Å². The number of benzene rings is 2. The minimum atomic E-state index is -0.695. The number of amides is 2. The third-order valence-corrected chi connectivity index (χ3v) is 4.47. The molecular formula is C24H22N4O8. The van der Waals surface area contributed by atoms with Crippen molar-refractivity contribution in [2.75, 3.05) is 26.3 Å². The molecule has 186 valence electrons. The van der Waals surface area contributed by atoms with Crippen LogP contribution in [0, 0.1) is 0 Å². The van der Waals surface area contributed by atoms with Crippen molar-refractivity contribution in [3.63, 3.8) is 0 Å². The van der Waals surface area contributed by atoms with E-state index in [1.165, 1.54) is 60.7 Å². The summed E-state index contributed by atoms with van der Waals surface area (Å²) in [7, 11) is 0. The van der Waals surface area contributed by atoms with Crippen LogP contribution in [0.2, 0.25) is 0 Å². The second-order valence-electron chi connectivity index (χ2n) is 7.06. The number of nitrogens with one attached hydrogen (secondary N) is 2. The molecule has 0 aliphatic heterocycles. The summed E-state index contributed by atoms with van der Waals surface area (Å²) in [6.07, 6.45) is 3.87. The molecule has 0 saturated heterocycles. The number of unbranched alkanes of at least 4 members (excludes halogenated alkanes) is 1. The lowest BCUT2D eigenvalue weighted by Crippen LogP contribution is -2.31. The zero-order valence-corrected chi connectivity index (χ0v) is 19.0. The molecule has 0 radical (unpaired) electrons. The van der Waals surface area contributed by atoms with E-state index in [1.807, 2.05) is 0 Å². The molecule has 2 aromatic rings. The second-order valence-corrected chi connectivity index (χ2v) is 7.06. The van der Waals surface area contributed by atoms with E-state index in [1.54, 1.807) is 0 Å². The number of aliphatic imine (C=N–C) groups is 2. The topological polar surface area (TPSA) is 170 Å². The van der Waals surface area contributed by atoms with Gasteiger partial charge in [0.05, 0.1) is 22.5 Å². The molecule has 12 heteroatoms. The Morgan fingerprint density at radius 2 is 1.00 bits per heavy atom. The van der Waals surface area contributed by atoms with Crippen LogP contribution in [0.25, 0.3) is 0 Å². The molecule has 2 aromatic carbocycles. The van der Waals surface area contributed by atoms with Gasteiger partial charge >= 0.3 is 11.9 Å². The number of hydrogen-bond donors (Lipinski definition) is 2. The lowest BCUT2D eigenvalue weighted by molar-refractivity contribution is -0.125. The summed E-state index contributed by atoms with van der Waals surface area (Å²) in [6, 6.07) is 11.4. The molecule has 0 atom stereocenters. The van der Waals surface area contributed by atoms with E-state index in [2.05, 4.69) is 20.6 Å². The Hall–Kier alpha value is -4.92. The summed E-state index contributed by atoms with van der Waals surface area (Å²) in [6.45, 7) is -0.294. The molecule has 2 amide bonds. The molecule has 0 spiro atoms. The molecule has 0 aliphatic rings. The van der Waals surface area contributed by atoms with Gasteiger partial charge < -0.3 is 20.1 Å². The molecule has 0 saturated carbocycles. The Kier molecular flexibility index (Phi) is 11.4. The summed E-state index contributed by atoms with van der Waals surface area (Å²) in [4.78, 5) is 74.6. The number of carbonyl (C=O) groups excluding carboxylic acids is 6. The Balaban J connectivity index is 1.54. The van der Waals surface area contributed by atoms with Gasteiger partial charge in [-0.05, 0) is 61.4 Å². The summed E-state index contributed by atoms with van der Waals surface area (Å²) in [5, 5.41) is 5.18. The van der Waals surface area contributed by atoms with Crippen molar-refractivity contribution in [2.24, 2.45) is 9.98 Å². The number of isocyanates is 2. The highest BCUT2D eigenvalue weighted by molar-refractivity contribution is 5.92. The number of nitrogens with zero attached hydrogens (tertiary/aromatic N) is 2. The summed E-state index contributed by atoms with van der Waals surface area (Å²) in [5.41, 5.74) is 1.09. The Morgan fingerprint density at radius 3 is 1.33 bits per heavy atom. The fraction of sp³-hybridized carbons (Fsp3) is 0.250. The highest BCUT2D eigenvalue weighted by atomic mass is 16.5. The largest absolute Gasteiger partial charge is 0.452 e. The van der Waals surface area contributed by atoms with E-state index in [0.29, 0.717) is 37.3 Å². The van der Waals surface area contributed by atoms with Crippen LogP contribution in [0.1, 0.15) is 33.6 Å². The van der Waals surface area contributed by atoms with Gasteiger partial charge in [0, 0.05) is 13.1 Å². The van der Waals surface area contributed by atoms with Gasteiger partial charge in [-0.25, -0.2) is 19.2 Å². The van der Waals surface area contributed by atoms with Crippen molar-refractivity contribution in [3.05, 3.63) is 59.7 Å². The zero-order chi connectivity index (χ0) is 26.2. The lowest BCUT2D eigenvalue weighted by Gasteiger charge is -2.08. The molecule has 2 N–H and O–H groups in total. The van der Waals surface area contributed by atoms with Crippen LogP contribution in [0.5, 0.6) is 0 Å². The predicted molar refractivity (Wildman–Crippen MR) is 124 cm³/mol. The average Bonchev–Trinajstić information content (AvgIpc) is 2.89. The van der Waals surface area contributed by atoms with Gasteiger partial charge in [-0.3, -0.25) is 9.59 Å². The minimum absolute atomic E-state index is 0.205. The first-order valence-electron chi connectivity index (χ1n) is 10.7. The maximum atomic E-state index is 11.9. The van der Waals surface area contributed by atoms with Crippen LogP contribution >= 0.6 is 0 Å². The van der Waals surface area contributed by atoms with Gasteiger partial charge in [-0.1, -0.05) is 0 Å². The van der Waals surface area contributed by atoms with Crippen molar-refractivity contribution in [2.45, 2.75) is 12.8 Å². The maximum absolute atomic E-state index is 11.9. The molecule has 0 unspecified atom stereocenters. The second kappa shape index (κ2) is 15.1. The quantitative estimate of drug-likeness (QED) is 0.183. The SMILES string of the molecule is O=C=Nc1ccc(C(=O)OCC(=O)NCCCCNC(=O)COC(=O)c2ccc(N=C=O)cc2)cc1. The monoisotopic (exact) mass is 494 g/mol. The van der Waals surface area contributed by atoms with Crippen molar-refractivity contribution < 1.29 is 38.2 Å². The molecule has 36 heavy (non-hydrogen) atoms. The highest BCUT2D eigenvalue weighted by Gasteiger charge is 2.11. The number of esters is 2. The van der Waals surface area contributed by atoms with E-state index in [4.69, 9.17) is 9.47 Å². The fourth-order valence-corrected chi connectivity index (χ4v) is 2.69. The van der Waals surface area contributed by atoms with E-state index < -0.39 is 37.0 Å². The average molecular weight is 494 g/mol. The standard InChI is InChI=1S/C24H22N4O8/c29-15-27-19-7-3-17(4-8-19)23(33)35-13-21(31)25-11-1-2-12-26-22(32)14-36-24(34)18-5-9-20(10-6-18)28-16-30/h3-10H,1-2,11-14H2,(H,25,31)(H,26,32). The normalized spacial score (nSPS) is 9.67. The predicted octanol–water partition coefficient (Wildman–Crippen LogP) is 1.65. The van der Waals surface area contributed by atoms with Crippen LogP contribution in [0.3, 0.4) is 0 Å². The zero-order valence-electron chi connectivity index (χ0n) is 19.0. The molecule has 0 aliphatic carbocycles. The molecular weight excluding hydrogens is 472 g/mol. The Morgan fingerprint density at radius 1 is 0.639 bits per heavy atom. The minimum Gasteiger partial charge on any atom is -0.452 e. The summed E-state index contributed by atoms with van der Waals surface area (Å²) < 4.78 is 9.83. The number of carbonyl (C=O) groups is 4. The van der Waals surface area contributed by atoms with E-state index in [0.717, 1.165) is 0 Å². The molecule has 0 fully saturated rings. The lowest BCUT2D eigenvalue weighted by atomic mass is 10.2. The molecule has 2 rings (SSSR count). The molecule has 12 nitrogen and oxygen atoms in total. The van der Waals surface area contributed by atoms with Crippen molar-refractivity contribution in [1.82, 2.24) is 10.6 Å². The maximum Gasteiger partial charge on any atom is 0.338 e. The molecule has 0 heterocycles. The third kappa shape index (κ3) is 9.92. The third-order valence-electron chi connectivity index (χ3n) is 4.47. The van der Waals surface area contributed by atoms with Crippen LogP contribution in [-0.2, 0) is 28.7 Å². The van der Waals surface area contributed by atoms with Gasteiger partial charge in [0.1, 0.15) is 0 Å². The first kappa shape index (κ1) is 27.3. The number of rotatable bonds is 13. The van der Waals surface area contributed by atoms with E-state index in [-0.39, 0.29) is 11.1 Å². The van der Waals surface area contributed by atoms with Crippen LogP contribution in [0.15, 0.2) is 58.5 Å². The van der Waals surface area contributed by atoms with Gasteiger partial charge in [0.15, 0.2) is 13.2 Å². The Bertz CT molecular complexity index is 1070. The Labute approximate surface area is 205 Å². The first-order chi connectivity index (χ1) is 17.4. The van der Waals surface area contributed by atoms with Gasteiger partial charge in [-0.15, -0.1) is 0 Å². The van der Waals surface area contributed by atoms with Gasteiger partial charge in [-0.2, -0.15) is 9.98 Å². The van der Waals surface area contributed by atoms with E-state index >= 15 is 0 Å².